The molecule has 1 aromatic carbocycles. The van der Waals surface area contributed by atoms with Gasteiger partial charge in [0, 0.05) is 50.4 Å². The van der Waals surface area contributed by atoms with Gasteiger partial charge in [0.25, 0.3) is 0 Å². The molecule has 0 aliphatic carbocycles. The Labute approximate surface area is 208 Å². The number of rotatable bonds is 6. The van der Waals surface area contributed by atoms with Crippen molar-refractivity contribution in [3.05, 3.63) is 29.8 Å². The molecule has 1 fully saturated rings. The number of nitrogens with zero attached hydrogens (tertiary/aromatic N) is 2. The van der Waals surface area contributed by atoms with Crippen molar-refractivity contribution in [2.45, 2.75) is 52.3 Å². The van der Waals surface area contributed by atoms with Crippen molar-refractivity contribution in [1.82, 2.24) is 16.0 Å². The van der Waals surface area contributed by atoms with E-state index in [1.807, 2.05) is 46.4 Å². The second-order valence-electron chi connectivity index (χ2n) is 9.06. The van der Waals surface area contributed by atoms with E-state index >= 15 is 0 Å². The summed E-state index contributed by atoms with van der Waals surface area (Å²) in [7, 11) is 1.74. The van der Waals surface area contributed by atoms with Crippen molar-refractivity contribution in [3.8, 4) is 0 Å². The van der Waals surface area contributed by atoms with Crippen molar-refractivity contribution >= 4 is 53.5 Å². The van der Waals surface area contributed by atoms with Crippen LogP contribution in [0.2, 0.25) is 0 Å². The molecule has 9 heteroatoms. The zero-order valence-corrected chi connectivity index (χ0v) is 22.7. The molecule has 1 amide bonds. The van der Waals surface area contributed by atoms with Crippen molar-refractivity contribution in [2.75, 3.05) is 43.1 Å². The smallest absolute Gasteiger partial charge is 0.408 e. The highest BCUT2D eigenvalue weighted by Crippen LogP contribution is 2.19. The van der Waals surface area contributed by atoms with Gasteiger partial charge in [-0.05, 0) is 52.3 Å². The van der Waals surface area contributed by atoms with Crippen LogP contribution in [0.4, 0.5) is 10.5 Å². The van der Waals surface area contributed by atoms with Crippen LogP contribution in [0.1, 0.15) is 40.2 Å². The molecule has 0 bridgehead atoms. The molecular formula is C22H38IN5O2S. The second-order valence-corrected chi connectivity index (χ2v) is 10.3. The number of carbonyl (C=O) groups is 1. The highest BCUT2D eigenvalue weighted by molar-refractivity contribution is 14.0. The van der Waals surface area contributed by atoms with Crippen LogP contribution in [-0.2, 0) is 11.3 Å². The maximum Gasteiger partial charge on any atom is 0.408 e. The first kappa shape index (κ1) is 27.7. The van der Waals surface area contributed by atoms with Gasteiger partial charge in [0.15, 0.2) is 5.96 Å². The molecule has 0 unspecified atom stereocenters. The number of thioether (sulfide) groups is 1. The Hall–Kier alpha value is -1.36. The standard InChI is InChI=1S/C22H37N5O2S.HI/c1-21(2,3)29-20(28)26-22(4,5)16-25-19(23-6)24-15-17-7-9-18(10-8-17)27-11-13-30-14-12-27;/h7-10H,11-16H2,1-6H3,(H,26,28)(H2,23,24,25);1H. The molecule has 7 nitrogen and oxygen atoms in total. The van der Waals surface area contributed by atoms with Crippen LogP contribution in [0.5, 0.6) is 0 Å². The maximum absolute atomic E-state index is 12.0. The third-order valence-electron chi connectivity index (χ3n) is 4.53. The third kappa shape index (κ3) is 10.7. The van der Waals surface area contributed by atoms with Gasteiger partial charge in [-0.1, -0.05) is 12.1 Å². The summed E-state index contributed by atoms with van der Waals surface area (Å²) >= 11 is 2.02. The lowest BCUT2D eigenvalue weighted by molar-refractivity contribution is 0.0474. The van der Waals surface area contributed by atoms with Crippen LogP contribution in [0.25, 0.3) is 0 Å². The van der Waals surface area contributed by atoms with Crippen LogP contribution in [0.3, 0.4) is 0 Å². The molecule has 0 atom stereocenters. The number of anilines is 1. The summed E-state index contributed by atoms with van der Waals surface area (Å²) in [5, 5.41) is 9.49. The van der Waals surface area contributed by atoms with Gasteiger partial charge in [-0.15, -0.1) is 24.0 Å². The van der Waals surface area contributed by atoms with E-state index in [1.165, 1.54) is 22.8 Å². The fourth-order valence-corrected chi connectivity index (χ4v) is 3.88. The highest BCUT2D eigenvalue weighted by atomic mass is 127. The number of ether oxygens (including phenoxy) is 1. The van der Waals surface area contributed by atoms with E-state index in [9.17, 15) is 4.79 Å². The van der Waals surface area contributed by atoms with Gasteiger partial charge in [-0.3, -0.25) is 4.99 Å². The van der Waals surface area contributed by atoms with Gasteiger partial charge in [0.05, 0.1) is 5.54 Å². The summed E-state index contributed by atoms with van der Waals surface area (Å²) in [6.45, 7) is 12.8. The topological polar surface area (TPSA) is 78.0 Å². The van der Waals surface area contributed by atoms with Crippen LogP contribution < -0.4 is 20.9 Å². The molecule has 31 heavy (non-hydrogen) atoms. The Bertz CT molecular complexity index is 714. The predicted molar refractivity (Wildman–Crippen MR) is 143 cm³/mol. The zero-order chi connectivity index (χ0) is 22.2. The van der Waals surface area contributed by atoms with E-state index in [4.69, 9.17) is 4.74 Å². The lowest BCUT2D eigenvalue weighted by Crippen LogP contribution is -2.54. The lowest BCUT2D eigenvalue weighted by atomic mass is 10.1. The van der Waals surface area contributed by atoms with Gasteiger partial charge in [0.2, 0.25) is 0 Å². The number of halogens is 1. The summed E-state index contributed by atoms with van der Waals surface area (Å²) < 4.78 is 5.34. The van der Waals surface area contributed by atoms with E-state index in [2.05, 4.69) is 50.1 Å². The Kier molecular flexibility index (Phi) is 11.3. The van der Waals surface area contributed by atoms with Gasteiger partial charge >= 0.3 is 6.09 Å². The van der Waals surface area contributed by atoms with E-state index in [0.717, 1.165) is 13.1 Å². The molecule has 2 rings (SSSR count). The van der Waals surface area contributed by atoms with Crippen LogP contribution in [0, 0.1) is 0 Å². The monoisotopic (exact) mass is 563 g/mol. The van der Waals surface area contributed by atoms with E-state index in [-0.39, 0.29) is 24.0 Å². The van der Waals surface area contributed by atoms with Gasteiger partial charge in [-0.25, -0.2) is 4.79 Å². The summed E-state index contributed by atoms with van der Waals surface area (Å²) in [6.07, 6.45) is -0.426. The molecular weight excluding hydrogens is 525 g/mol. The first-order valence-electron chi connectivity index (χ1n) is 10.5. The van der Waals surface area contributed by atoms with E-state index < -0.39 is 17.2 Å². The van der Waals surface area contributed by atoms with Crippen molar-refractivity contribution in [1.29, 1.82) is 0 Å². The molecule has 1 heterocycles. The SMILES string of the molecule is CN=C(NCc1ccc(N2CCSCC2)cc1)NCC(C)(C)NC(=O)OC(C)(C)C.I. The third-order valence-corrected chi connectivity index (χ3v) is 5.48. The van der Waals surface area contributed by atoms with Crippen molar-refractivity contribution in [2.24, 2.45) is 4.99 Å². The maximum atomic E-state index is 12.0. The van der Waals surface area contributed by atoms with Crippen molar-refractivity contribution in [3.63, 3.8) is 0 Å². The quantitative estimate of drug-likeness (QED) is 0.278. The van der Waals surface area contributed by atoms with Crippen LogP contribution >= 0.6 is 35.7 Å². The number of benzene rings is 1. The molecule has 0 saturated carbocycles. The Morgan fingerprint density at radius 2 is 1.71 bits per heavy atom. The first-order valence-corrected chi connectivity index (χ1v) is 11.6. The molecule has 3 N–H and O–H groups in total. The number of aliphatic imine (C=N–C) groups is 1. The van der Waals surface area contributed by atoms with Gasteiger partial charge in [0.1, 0.15) is 5.60 Å². The molecule has 176 valence electrons. The molecule has 1 aliphatic rings. The molecule has 1 aliphatic heterocycles. The minimum Gasteiger partial charge on any atom is -0.444 e. The Balaban J connectivity index is 0.00000480. The molecule has 0 radical (unpaired) electrons. The number of amides is 1. The number of guanidine groups is 1. The molecule has 0 spiro atoms. The number of nitrogens with one attached hydrogen (secondary N) is 3. The normalized spacial score (nSPS) is 15.0. The molecule has 1 saturated heterocycles. The number of hydrogen-bond donors (Lipinski definition) is 3. The average molecular weight is 564 g/mol. The van der Waals surface area contributed by atoms with Crippen molar-refractivity contribution < 1.29 is 9.53 Å². The first-order chi connectivity index (χ1) is 14.1. The van der Waals surface area contributed by atoms with E-state index in [1.54, 1.807) is 7.05 Å². The number of hydrogen-bond acceptors (Lipinski definition) is 5. The minimum atomic E-state index is -0.520. The fourth-order valence-electron chi connectivity index (χ4n) is 2.98. The summed E-state index contributed by atoms with van der Waals surface area (Å²) in [6, 6.07) is 8.70. The summed E-state index contributed by atoms with van der Waals surface area (Å²) in [5.74, 6) is 3.08. The van der Waals surface area contributed by atoms with Gasteiger partial charge in [-0.2, -0.15) is 11.8 Å². The lowest BCUT2D eigenvalue weighted by Gasteiger charge is -2.29. The largest absolute Gasteiger partial charge is 0.444 e. The predicted octanol–water partition coefficient (Wildman–Crippen LogP) is 3.83. The number of carbonyl (C=O) groups excluding carboxylic acids is 1. The average Bonchev–Trinajstić information content (AvgIpc) is 2.67. The summed E-state index contributed by atoms with van der Waals surface area (Å²) in [4.78, 5) is 18.7. The molecule has 1 aromatic rings. The second kappa shape index (κ2) is 12.6. The summed E-state index contributed by atoms with van der Waals surface area (Å²) in [5.41, 5.74) is 1.47. The highest BCUT2D eigenvalue weighted by Gasteiger charge is 2.24. The van der Waals surface area contributed by atoms with Crippen LogP contribution in [-0.4, -0.2) is 61.4 Å². The van der Waals surface area contributed by atoms with Gasteiger partial charge < -0.3 is 25.6 Å². The Morgan fingerprint density at radius 1 is 1.10 bits per heavy atom. The Morgan fingerprint density at radius 3 is 2.26 bits per heavy atom. The minimum absolute atomic E-state index is 0. The fraction of sp³-hybridized carbons (Fsp3) is 0.636. The van der Waals surface area contributed by atoms with E-state index in [0.29, 0.717) is 19.0 Å². The zero-order valence-electron chi connectivity index (χ0n) is 19.6. The molecule has 0 aromatic heterocycles. The van der Waals surface area contributed by atoms with Crippen LogP contribution in [0.15, 0.2) is 29.3 Å². The number of alkyl carbamates (subject to hydrolysis) is 1.